The van der Waals surface area contributed by atoms with Crippen molar-refractivity contribution in [2.45, 2.75) is 51.5 Å². The summed E-state index contributed by atoms with van der Waals surface area (Å²) in [4.78, 5) is 34.8. The van der Waals surface area contributed by atoms with Crippen molar-refractivity contribution in [1.82, 2.24) is 14.9 Å². The van der Waals surface area contributed by atoms with E-state index in [4.69, 9.17) is 17.3 Å². The first-order valence-corrected chi connectivity index (χ1v) is 13.6. The molecule has 1 aromatic heterocycles. The van der Waals surface area contributed by atoms with Crippen LogP contribution in [0, 0.1) is 6.92 Å². The molecule has 3 heterocycles. The van der Waals surface area contributed by atoms with Crippen LogP contribution in [0.15, 0.2) is 42.6 Å². The highest BCUT2D eigenvalue weighted by atomic mass is 35.5. The Hall–Kier alpha value is -3.69. The number of carbonyl (C=O) groups excluding carboxylic acids is 2. The molecule has 0 spiro atoms. The van der Waals surface area contributed by atoms with E-state index in [0.29, 0.717) is 35.8 Å². The molecule has 2 aliphatic rings. The number of rotatable bonds is 8. The van der Waals surface area contributed by atoms with Crippen molar-refractivity contribution in [3.8, 4) is 0 Å². The number of anilines is 4. The highest BCUT2D eigenvalue weighted by Crippen LogP contribution is 2.40. The Morgan fingerprint density at radius 3 is 2.72 bits per heavy atom. The molecule has 0 radical (unpaired) electrons. The van der Waals surface area contributed by atoms with Crippen LogP contribution in [0.5, 0.6) is 0 Å². The minimum atomic E-state index is -0.611. The Morgan fingerprint density at radius 1 is 1.23 bits per heavy atom. The van der Waals surface area contributed by atoms with Gasteiger partial charge in [0.15, 0.2) is 5.82 Å². The summed E-state index contributed by atoms with van der Waals surface area (Å²) in [6.07, 6.45) is 3.58. The zero-order chi connectivity index (χ0) is 27.7. The van der Waals surface area contributed by atoms with Crippen LogP contribution >= 0.6 is 11.6 Å². The maximum absolute atomic E-state index is 12.4. The molecule has 0 saturated carbocycles. The van der Waals surface area contributed by atoms with Gasteiger partial charge in [-0.25, -0.2) is 4.98 Å². The van der Waals surface area contributed by atoms with E-state index in [-0.39, 0.29) is 11.8 Å². The molecule has 0 unspecified atom stereocenters. The predicted molar refractivity (Wildman–Crippen MR) is 155 cm³/mol. The lowest BCUT2D eigenvalue weighted by Gasteiger charge is -2.31. The first kappa shape index (κ1) is 26.9. The lowest BCUT2D eigenvalue weighted by molar-refractivity contribution is -0.120. The maximum atomic E-state index is 12.4. The van der Waals surface area contributed by atoms with Gasteiger partial charge in [-0.3, -0.25) is 14.5 Å². The van der Waals surface area contributed by atoms with E-state index < -0.39 is 5.41 Å². The van der Waals surface area contributed by atoms with Gasteiger partial charge in [-0.15, -0.1) is 0 Å². The molecular weight excluding hydrogens is 514 g/mol. The van der Waals surface area contributed by atoms with Crippen LogP contribution in [0.25, 0.3) is 0 Å². The number of benzene rings is 2. The number of fused-ring (bicyclic) bond motifs is 1. The molecular formula is C29H34ClN7O2. The lowest BCUT2D eigenvalue weighted by atomic mass is 9.83. The molecule has 0 aliphatic carbocycles. The Labute approximate surface area is 233 Å². The second kappa shape index (κ2) is 10.8. The van der Waals surface area contributed by atoms with Crippen molar-refractivity contribution in [2.24, 2.45) is 5.73 Å². The van der Waals surface area contributed by atoms with Crippen molar-refractivity contribution >= 4 is 46.6 Å². The molecule has 39 heavy (non-hydrogen) atoms. The number of primary amides is 1. The number of likely N-dealkylation sites (tertiary alicyclic amines) is 1. The summed E-state index contributed by atoms with van der Waals surface area (Å²) in [5.74, 6) is 1.13. The first-order chi connectivity index (χ1) is 18.6. The number of aryl methyl sites for hydroxylation is 1. The summed E-state index contributed by atoms with van der Waals surface area (Å²) in [5, 5.41) is 10.0. The van der Waals surface area contributed by atoms with Gasteiger partial charge in [0.25, 0.3) is 0 Å². The molecule has 0 atom stereocenters. The number of nitrogens with two attached hydrogens (primary N) is 1. The largest absolute Gasteiger partial charge is 0.369 e. The average Bonchev–Trinajstić information content (AvgIpc) is 3.14. The van der Waals surface area contributed by atoms with E-state index >= 15 is 0 Å². The van der Waals surface area contributed by atoms with E-state index in [0.717, 1.165) is 54.0 Å². The van der Waals surface area contributed by atoms with Gasteiger partial charge in [-0.2, -0.15) is 4.98 Å². The third-order valence-electron chi connectivity index (χ3n) is 7.72. The fraction of sp³-hybridized carbons (Fsp3) is 0.379. The molecule has 2 aromatic carbocycles. The standard InChI is InChI=1S/C29H34ClN7O2/c1-17-13-19(18-9-11-37(12-10-18)16-24(31)38)7-8-22(17)35-28-33-15-21(30)26(36-28)32-14-20-5-4-6-23-25(20)29(2,3)27(39)34-23/h4-8,13,15,18H,9-12,14,16H2,1-3H3,(H2,31,38)(H,34,39)(H2,32,33,35,36). The van der Waals surface area contributed by atoms with Crippen molar-refractivity contribution in [2.75, 3.05) is 35.6 Å². The third-order valence-corrected chi connectivity index (χ3v) is 7.99. The summed E-state index contributed by atoms with van der Waals surface area (Å²) in [6, 6.07) is 12.3. The summed E-state index contributed by atoms with van der Waals surface area (Å²) >= 11 is 6.43. The Morgan fingerprint density at radius 2 is 2.00 bits per heavy atom. The molecule has 5 rings (SSSR count). The first-order valence-electron chi connectivity index (χ1n) is 13.2. The Kier molecular flexibility index (Phi) is 7.46. The molecule has 204 valence electrons. The number of nitrogens with zero attached hydrogens (tertiary/aromatic N) is 3. The van der Waals surface area contributed by atoms with Crippen molar-refractivity contribution in [3.05, 3.63) is 69.9 Å². The van der Waals surface area contributed by atoms with Crippen LogP contribution in [0.2, 0.25) is 5.02 Å². The van der Waals surface area contributed by atoms with Gasteiger partial charge in [-0.05, 0) is 87.0 Å². The smallest absolute Gasteiger partial charge is 0.234 e. The average molecular weight is 548 g/mol. The van der Waals surface area contributed by atoms with E-state index in [1.165, 1.54) is 5.56 Å². The highest BCUT2D eigenvalue weighted by Gasteiger charge is 2.39. The SMILES string of the molecule is Cc1cc(C2CCN(CC(N)=O)CC2)ccc1Nc1ncc(Cl)c(NCc2cccc3c2C(C)(C)C(=O)N3)n1. The Balaban J connectivity index is 1.26. The fourth-order valence-electron chi connectivity index (χ4n) is 5.56. The zero-order valence-electron chi connectivity index (χ0n) is 22.5. The van der Waals surface area contributed by atoms with Gasteiger partial charge in [-0.1, -0.05) is 35.9 Å². The molecule has 1 saturated heterocycles. The van der Waals surface area contributed by atoms with Gasteiger partial charge in [0, 0.05) is 17.9 Å². The monoisotopic (exact) mass is 547 g/mol. The van der Waals surface area contributed by atoms with Crippen LogP contribution < -0.4 is 21.7 Å². The van der Waals surface area contributed by atoms with Crippen molar-refractivity contribution in [3.63, 3.8) is 0 Å². The molecule has 3 aromatic rings. The molecule has 0 bridgehead atoms. The van der Waals surface area contributed by atoms with E-state index in [2.05, 4.69) is 55.9 Å². The maximum Gasteiger partial charge on any atom is 0.234 e. The number of amides is 2. The number of halogens is 1. The predicted octanol–water partition coefficient (Wildman–Crippen LogP) is 4.69. The lowest BCUT2D eigenvalue weighted by Crippen LogP contribution is -2.39. The zero-order valence-corrected chi connectivity index (χ0v) is 23.2. The van der Waals surface area contributed by atoms with Gasteiger partial charge in [0.1, 0.15) is 5.02 Å². The molecule has 10 heteroatoms. The van der Waals surface area contributed by atoms with Crippen LogP contribution in [0.3, 0.4) is 0 Å². The van der Waals surface area contributed by atoms with E-state index in [1.807, 2.05) is 32.0 Å². The highest BCUT2D eigenvalue weighted by molar-refractivity contribution is 6.32. The number of piperidine rings is 1. The molecule has 2 aliphatic heterocycles. The second-order valence-corrected chi connectivity index (χ2v) is 11.3. The third kappa shape index (κ3) is 5.69. The number of nitrogens with one attached hydrogen (secondary N) is 3. The summed E-state index contributed by atoms with van der Waals surface area (Å²) in [7, 11) is 0. The second-order valence-electron chi connectivity index (χ2n) is 10.9. The summed E-state index contributed by atoms with van der Waals surface area (Å²) < 4.78 is 0. The van der Waals surface area contributed by atoms with Crippen LogP contribution in [-0.2, 0) is 21.5 Å². The fourth-order valence-corrected chi connectivity index (χ4v) is 5.72. The van der Waals surface area contributed by atoms with Crippen molar-refractivity contribution < 1.29 is 9.59 Å². The quantitative estimate of drug-likeness (QED) is 0.322. The number of aromatic nitrogens is 2. The van der Waals surface area contributed by atoms with E-state index in [1.54, 1.807) is 6.20 Å². The molecule has 1 fully saturated rings. The molecule has 5 N–H and O–H groups in total. The summed E-state index contributed by atoms with van der Waals surface area (Å²) in [5.41, 5.74) is 10.9. The molecule has 2 amide bonds. The van der Waals surface area contributed by atoms with Crippen LogP contribution in [0.4, 0.5) is 23.1 Å². The van der Waals surface area contributed by atoms with Gasteiger partial charge in [0.2, 0.25) is 17.8 Å². The number of hydrogen-bond donors (Lipinski definition) is 4. The number of hydrogen-bond acceptors (Lipinski definition) is 7. The molecule has 9 nitrogen and oxygen atoms in total. The van der Waals surface area contributed by atoms with Crippen molar-refractivity contribution in [1.29, 1.82) is 0 Å². The summed E-state index contributed by atoms with van der Waals surface area (Å²) in [6.45, 7) is 8.46. The minimum Gasteiger partial charge on any atom is -0.369 e. The normalized spacial score (nSPS) is 17.0. The van der Waals surface area contributed by atoms with E-state index in [9.17, 15) is 9.59 Å². The van der Waals surface area contributed by atoms with Gasteiger partial charge < -0.3 is 21.7 Å². The topological polar surface area (TPSA) is 125 Å². The minimum absolute atomic E-state index is 0.00793. The van der Waals surface area contributed by atoms with Crippen LogP contribution in [-0.4, -0.2) is 46.3 Å². The van der Waals surface area contributed by atoms with Crippen LogP contribution in [0.1, 0.15) is 54.9 Å². The van der Waals surface area contributed by atoms with Gasteiger partial charge in [0.05, 0.1) is 18.2 Å². The Bertz CT molecular complexity index is 1420. The van der Waals surface area contributed by atoms with Gasteiger partial charge >= 0.3 is 0 Å². The number of carbonyl (C=O) groups is 2.